The lowest BCUT2D eigenvalue weighted by Gasteiger charge is -2.18. The highest BCUT2D eigenvalue weighted by Gasteiger charge is 2.17. The van der Waals surface area contributed by atoms with Gasteiger partial charge in [0.25, 0.3) is 5.91 Å². The molecular weight excluding hydrogens is 276 g/mol. The normalized spacial score (nSPS) is 14.8. The number of amides is 2. The van der Waals surface area contributed by atoms with Gasteiger partial charge in [0.1, 0.15) is 0 Å². The second kappa shape index (κ2) is 7.97. The summed E-state index contributed by atoms with van der Waals surface area (Å²) in [6.07, 6.45) is 6.91. The van der Waals surface area contributed by atoms with Crippen LogP contribution in [0, 0.1) is 5.92 Å². The summed E-state index contributed by atoms with van der Waals surface area (Å²) in [5, 5.41) is 2.60. The van der Waals surface area contributed by atoms with E-state index >= 15 is 0 Å². The van der Waals surface area contributed by atoms with E-state index in [1.807, 2.05) is 19.2 Å². The van der Waals surface area contributed by atoms with Crippen molar-refractivity contribution >= 4 is 11.8 Å². The van der Waals surface area contributed by atoms with Gasteiger partial charge in [-0.1, -0.05) is 37.8 Å². The molecule has 0 spiro atoms. The van der Waals surface area contributed by atoms with Crippen molar-refractivity contribution in [2.75, 3.05) is 14.1 Å². The molecule has 1 aromatic rings. The van der Waals surface area contributed by atoms with Crippen LogP contribution in [-0.4, -0.2) is 30.8 Å². The van der Waals surface area contributed by atoms with Crippen molar-refractivity contribution in [3.8, 4) is 0 Å². The Hall–Kier alpha value is -1.84. The zero-order chi connectivity index (χ0) is 15.9. The fraction of sp³-hybridized carbons (Fsp3) is 0.556. The largest absolute Gasteiger partial charge is 0.355 e. The molecule has 1 saturated carbocycles. The summed E-state index contributed by atoms with van der Waals surface area (Å²) in [6, 6.07) is 7.41. The van der Waals surface area contributed by atoms with Crippen LogP contribution in [0.1, 0.15) is 54.4 Å². The van der Waals surface area contributed by atoms with Gasteiger partial charge in [-0.05, 0) is 30.0 Å². The van der Waals surface area contributed by atoms with Crippen LogP contribution in [0.5, 0.6) is 0 Å². The first-order valence-corrected chi connectivity index (χ1v) is 8.15. The van der Waals surface area contributed by atoms with Gasteiger partial charge in [-0.15, -0.1) is 0 Å². The molecule has 1 N–H and O–H groups in total. The van der Waals surface area contributed by atoms with Crippen molar-refractivity contribution in [1.82, 2.24) is 10.2 Å². The van der Waals surface area contributed by atoms with Crippen LogP contribution >= 0.6 is 0 Å². The van der Waals surface area contributed by atoms with Gasteiger partial charge in [0, 0.05) is 32.6 Å². The van der Waals surface area contributed by atoms with Crippen molar-refractivity contribution in [3.05, 3.63) is 35.4 Å². The maximum atomic E-state index is 12.2. The predicted molar refractivity (Wildman–Crippen MR) is 87.5 cm³/mol. The minimum absolute atomic E-state index is 0.0902. The molecule has 4 nitrogen and oxygen atoms in total. The molecule has 1 aliphatic rings. The minimum Gasteiger partial charge on any atom is -0.355 e. The van der Waals surface area contributed by atoms with E-state index in [0.717, 1.165) is 17.9 Å². The lowest BCUT2D eigenvalue weighted by Crippen LogP contribution is -2.26. The zero-order valence-corrected chi connectivity index (χ0v) is 13.6. The molecule has 0 atom stereocenters. The lowest BCUT2D eigenvalue weighted by molar-refractivity contribution is -0.130. The Bertz CT molecular complexity index is 504. The number of hydrogen-bond donors (Lipinski definition) is 1. The number of benzene rings is 1. The molecule has 120 valence electrons. The van der Waals surface area contributed by atoms with Crippen LogP contribution < -0.4 is 5.32 Å². The van der Waals surface area contributed by atoms with Crippen LogP contribution in [0.3, 0.4) is 0 Å². The SMILES string of the molecule is CNC(=O)c1ccc(CN(C)C(=O)CCC2CCCC2)cc1. The van der Waals surface area contributed by atoms with Gasteiger partial charge in [-0.2, -0.15) is 0 Å². The summed E-state index contributed by atoms with van der Waals surface area (Å²) in [5.41, 5.74) is 1.69. The monoisotopic (exact) mass is 302 g/mol. The topological polar surface area (TPSA) is 49.4 Å². The molecule has 1 fully saturated rings. The Labute approximate surface area is 132 Å². The molecule has 2 rings (SSSR count). The number of carbonyl (C=O) groups excluding carboxylic acids is 2. The first-order valence-electron chi connectivity index (χ1n) is 8.15. The van der Waals surface area contributed by atoms with Crippen molar-refractivity contribution in [1.29, 1.82) is 0 Å². The number of carbonyl (C=O) groups is 2. The van der Waals surface area contributed by atoms with E-state index in [9.17, 15) is 9.59 Å². The molecular formula is C18H26N2O2. The number of hydrogen-bond acceptors (Lipinski definition) is 2. The average Bonchev–Trinajstić information content (AvgIpc) is 3.06. The Morgan fingerprint density at radius 2 is 1.82 bits per heavy atom. The van der Waals surface area contributed by atoms with Gasteiger partial charge in [0.2, 0.25) is 5.91 Å². The first-order chi connectivity index (χ1) is 10.6. The number of nitrogens with one attached hydrogen (secondary N) is 1. The third kappa shape index (κ3) is 4.58. The van der Waals surface area contributed by atoms with E-state index in [0.29, 0.717) is 18.5 Å². The van der Waals surface area contributed by atoms with Gasteiger partial charge in [0.05, 0.1) is 0 Å². The van der Waals surface area contributed by atoms with E-state index in [4.69, 9.17) is 0 Å². The van der Waals surface area contributed by atoms with Crippen LogP contribution in [0.15, 0.2) is 24.3 Å². The van der Waals surface area contributed by atoms with Crippen molar-refractivity contribution in [3.63, 3.8) is 0 Å². The Morgan fingerprint density at radius 1 is 1.18 bits per heavy atom. The molecule has 22 heavy (non-hydrogen) atoms. The molecule has 0 unspecified atom stereocenters. The van der Waals surface area contributed by atoms with Gasteiger partial charge < -0.3 is 10.2 Å². The molecule has 0 aliphatic heterocycles. The molecule has 0 heterocycles. The standard InChI is InChI=1S/C18H26N2O2/c1-19-18(22)16-10-7-15(8-11-16)13-20(2)17(21)12-9-14-5-3-4-6-14/h7-8,10-11,14H,3-6,9,12-13H2,1-2H3,(H,19,22). The lowest BCUT2D eigenvalue weighted by atomic mass is 10.0. The van der Waals surface area contributed by atoms with E-state index in [1.54, 1.807) is 24.1 Å². The number of rotatable bonds is 6. The highest BCUT2D eigenvalue weighted by atomic mass is 16.2. The van der Waals surface area contributed by atoms with Gasteiger partial charge in [0.15, 0.2) is 0 Å². The van der Waals surface area contributed by atoms with Crippen LogP contribution in [0.25, 0.3) is 0 Å². The Balaban J connectivity index is 1.81. The molecule has 0 aromatic heterocycles. The first kappa shape index (κ1) is 16.5. The Morgan fingerprint density at radius 3 is 2.41 bits per heavy atom. The summed E-state index contributed by atoms with van der Waals surface area (Å²) in [5.74, 6) is 0.874. The molecule has 1 aliphatic carbocycles. The zero-order valence-electron chi connectivity index (χ0n) is 13.6. The van der Waals surface area contributed by atoms with Gasteiger partial charge in [-0.25, -0.2) is 0 Å². The summed E-state index contributed by atoms with van der Waals surface area (Å²) in [7, 11) is 3.47. The fourth-order valence-electron chi connectivity index (χ4n) is 3.09. The summed E-state index contributed by atoms with van der Waals surface area (Å²) in [6.45, 7) is 0.595. The van der Waals surface area contributed by atoms with Crippen LogP contribution in [0.4, 0.5) is 0 Å². The van der Waals surface area contributed by atoms with Gasteiger partial charge in [-0.3, -0.25) is 9.59 Å². The summed E-state index contributed by atoms with van der Waals surface area (Å²) >= 11 is 0. The second-order valence-corrected chi connectivity index (χ2v) is 6.22. The molecule has 0 saturated heterocycles. The van der Waals surface area contributed by atoms with E-state index in [-0.39, 0.29) is 11.8 Å². The van der Waals surface area contributed by atoms with E-state index in [1.165, 1.54) is 25.7 Å². The smallest absolute Gasteiger partial charge is 0.251 e. The van der Waals surface area contributed by atoms with Crippen molar-refractivity contribution in [2.45, 2.75) is 45.1 Å². The summed E-state index contributed by atoms with van der Waals surface area (Å²) in [4.78, 5) is 25.5. The van der Waals surface area contributed by atoms with Gasteiger partial charge >= 0.3 is 0 Å². The fourth-order valence-corrected chi connectivity index (χ4v) is 3.09. The molecule has 0 radical (unpaired) electrons. The van der Waals surface area contributed by atoms with Crippen molar-refractivity contribution in [2.24, 2.45) is 5.92 Å². The third-order valence-corrected chi connectivity index (χ3v) is 4.53. The quantitative estimate of drug-likeness (QED) is 0.878. The average molecular weight is 302 g/mol. The van der Waals surface area contributed by atoms with Crippen LogP contribution in [0.2, 0.25) is 0 Å². The molecule has 4 heteroatoms. The predicted octanol–water partition coefficient (Wildman–Crippen LogP) is 2.98. The molecule has 2 amide bonds. The minimum atomic E-state index is -0.0902. The number of nitrogens with zero attached hydrogens (tertiary/aromatic N) is 1. The Kier molecular flexibility index (Phi) is 5.99. The van der Waals surface area contributed by atoms with E-state index in [2.05, 4.69) is 5.32 Å². The van der Waals surface area contributed by atoms with E-state index < -0.39 is 0 Å². The maximum Gasteiger partial charge on any atom is 0.251 e. The highest BCUT2D eigenvalue weighted by molar-refractivity contribution is 5.93. The van der Waals surface area contributed by atoms with Crippen molar-refractivity contribution < 1.29 is 9.59 Å². The summed E-state index contributed by atoms with van der Waals surface area (Å²) < 4.78 is 0. The second-order valence-electron chi connectivity index (χ2n) is 6.22. The van der Waals surface area contributed by atoms with Crippen LogP contribution in [-0.2, 0) is 11.3 Å². The molecule has 1 aromatic carbocycles. The molecule has 0 bridgehead atoms. The third-order valence-electron chi connectivity index (χ3n) is 4.53. The maximum absolute atomic E-state index is 12.2. The highest BCUT2D eigenvalue weighted by Crippen LogP contribution is 2.28.